The Morgan fingerprint density at radius 1 is 0.620 bits per heavy atom. The molecule has 0 spiro atoms. The van der Waals surface area contributed by atoms with Crippen molar-refractivity contribution in [1.29, 1.82) is 0 Å². The van der Waals surface area contributed by atoms with Crippen molar-refractivity contribution in [1.82, 2.24) is 29.1 Å². The van der Waals surface area contributed by atoms with Crippen LogP contribution in [0.25, 0.3) is 22.1 Å². The van der Waals surface area contributed by atoms with E-state index in [9.17, 15) is 16.8 Å². The highest BCUT2D eigenvalue weighted by Gasteiger charge is 2.30. The van der Waals surface area contributed by atoms with Gasteiger partial charge in [-0.05, 0) is 108 Å². The largest absolute Gasteiger partial charge is 0.395 e. The SMILES string of the molecule is CN(c1ccc2c(c1)nc(C(C)(C)C)n2CC1CCCCC1)S(=O)(=O)c1ccc(NCCO)nc1.CN(c1ccc2c(c1)nc(C(C)(C)C)n2CC1CCCCC1)S(=O)(=O)c1cnc(NCCO)c(Br)c1. The molecule has 0 radical (unpaired) electrons. The van der Waals surface area contributed by atoms with E-state index in [4.69, 9.17) is 20.2 Å². The van der Waals surface area contributed by atoms with Crippen LogP contribution < -0.4 is 19.2 Å². The first-order chi connectivity index (χ1) is 33.6. The Labute approximate surface area is 428 Å². The summed E-state index contributed by atoms with van der Waals surface area (Å²) in [5, 5.41) is 23.8. The molecule has 16 nitrogen and oxygen atoms in total. The molecular weight excluding hydrogens is 1000 g/mol. The van der Waals surface area contributed by atoms with Crippen molar-refractivity contribution in [2.45, 2.75) is 139 Å². The van der Waals surface area contributed by atoms with E-state index in [1.807, 2.05) is 36.4 Å². The minimum absolute atomic E-state index is 0.0275. The second-order valence-electron chi connectivity index (χ2n) is 21.1. The topological polar surface area (TPSA) is 201 Å². The summed E-state index contributed by atoms with van der Waals surface area (Å²) >= 11 is 3.38. The normalized spacial score (nSPS) is 15.4. The molecule has 2 fully saturated rings. The van der Waals surface area contributed by atoms with Crippen LogP contribution in [0.15, 0.2) is 81.3 Å². The molecule has 0 atom stereocenters. The fourth-order valence-corrected chi connectivity index (χ4v) is 12.6. The maximum Gasteiger partial charge on any atom is 0.265 e. The van der Waals surface area contributed by atoms with Gasteiger partial charge < -0.3 is 30.0 Å². The van der Waals surface area contributed by atoms with Crippen molar-refractivity contribution in [2.75, 3.05) is 59.6 Å². The van der Waals surface area contributed by atoms with E-state index in [0.717, 1.165) is 46.8 Å². The number of imidazole rings is 2. The second-order valence-corrected chi connectivity index (χ2v) is 25.9. The zero-order chi connectivity index (χ0) is 51.3. The van der Waals surface area contributed by atoms with Crippen LogP contribution in [0.4, 0.5) is 23.0 Å². The number of aliphatic hydroxyl groups excluding tert-OH is 2. The summed E-state index contributed by atoms with van der Waals surface area (Å²) in [5.74, 6) is 4.37. The van der Waals surface area contributed by atoms with Gasteiger partial charge in [-0.25, -0.2) is 36.8 Å². The maximum absolute atomic E-state index is 13.4. The molecule has 4 N–H and O–H groups in total. The van der Waals surface area contributed by atoms with E-state index < -0.39 is 20.0 Å². The predicted molar refractivity (Wildman–Crippen MR) is 289 cm³/mol. The van der Waals surface area contributed by atoms with E-state index in [1.54, 1.807) is 20.2 Å². The average Bonchev–Trinajstić information content (AvgIpc) is 3.91. The Morgan fingerprint density at radius 3 is 1.49 bits per heavy atom. The Kier molecular flexibility index (Phi) is 17.1. The molecule has 0 unspecified atom stereocenters. The number of nitrogens with zero attached hydrogens (tertiary/aromatic N) is 8. The van der Waals surface area contributed by atoms with E-state index >= 15 is 0 Å². The summed E-state index contributed by atoms with van der Waals surface area (Å²) in [6, 6.07) is 16.1. The third kappa shape index (κ3) is 12.5. The Bertz CT molecular complexity index is 2990. The number of hydrogen-bond donors (Lipinski definition) is 4. The number of nitrogens with one attached hydrogen (secondary N) is 2. The highest BCUT2D eigenvalue weighted by molar-refractivity contribution is 9.10. The predicted octanol–water partition coefficient (Wildman–Crippen LogP) is 9.84. The van der Waals surface area contributed by atoms with Crippen LogP contribution in [0.5, 0.6) is 0 Å². The molecule has 2 aromatic carbocycles. The number of fused-ring (bicyclic) bond motifs is 2. The number of anilines is 4. The molecule has 2 aliphatic rings. The standard InChI is InChI=1S/C26H36BrN5O3S.C26H37N5O3S/c1-26(2,3)25-30-22-14-19(10-11-23(22)32(25)17-18-8-6-5-7-9-18)31(4)36(34,35)20-15-21(27)24(29-16-20)28-12-13-33;1-26(2,3)25-29-22-16-20(10-12-23(22)31(25)18-19-8-6-5-7-9-19)30(4)35(33,34)21-11-13-24(28-17-21)27-14-15-32/h10-11,14-16,18,33H,5-9,12-13,17H2,1-4H3,(H,28,29);10-13,16-17,19,32H,5-9,14-15,18H2,1-4H3,(H,27,28). The zero-order valence-corrected chi connectivity index (χ0v) is 45.8. The van der Waals surface area contributed by atoms with Gasteiger partial charge in [-0.3, -0.25) is 8.61 Å². The van der Waals surface area contributed by atoms with Crippen LogP contribution in [0.3, 0.4) is 0 Å². The number of hydrogen-bond acceptors (Lipinski definition) is 12. The van der Waals surface area contributed by atoms with Crippen LogP contribution in [-0.4, -0.2) is 96.5 Å². The van der Waals surface area contributed by atoms with Crippen molar-refractivity contribution in [3.05, 3.63) is 83.1 Å². The van der Waals surface area contributed by atoms with Gasteiger partial charge in [0.15, 0.2) is 0 Å². The highest BCUT2D eigenvalue weighted by Crippen LogP contribution is 2.36. The Morgan fingerprint density at radius 2 is 1.07 bits per heavy atom. The summed E-state index contributed by atoms with van der Waals surface area (Å²) in [6.45, 7) is 15.6. The quantitative estimate of drug-likeness (QED) is 0.0716. The van der Waals surface area contributed by atoms with Crippen LogP contribution in [-0.2, 0) is 44.0 Å². The highest BCUT2D eigenvalue weighted by atomic mass is 79.9. The van der Waals surface area contributed by atoms with E-state index in [0.29, 0.717) is 52.4 Å². The van der Waals surface area contributed by atoms with Gasteiger partial charge in [0.05, 0.1) is 51.1 Å². The first kappa shape index (κ1) is 54.0. The fourth-order valence-electron chi connectivity index (χ4n) is 9.68. The van der Waals surface area contributed by atoms with Gasteiger partial charge >= 0.3 is 0 Å². The summed E-state index contributed by atoms with van der Waals surface area (Å²) < 4.78 is 61.2. The van der Waals surface area contributed by atoms with Gasteiger partial charge in [-0.1, -0.05) is 80.1 Å². The molecule has 2 saturated carbocycles. The molecule has 0 bridgehead atoms. The molecule has 4 heterocycles. The molecule has 71 heavy (non-hydrogen) atoms. The maximum atomic E-state index is 13.4. The number of pyridine rings is 2. The van der Waals surface area contributed by atoms with E-state index in [-0.39, 0.29) is 33.8 Å². The molecule has 0 aliphatic heterocycles. The van der Waals surface area contributed by atoms with Crippen molar-refractivity contribution in [3.8, 4) is 0 Å². The summed E-state index contributed by atoms with van der Waals surface area (Å²) in [6.07, 6.45) is 15.5. The number of aromatic nitrogens is 6. The summed E-state index contributed by atoms with van der Waals surface area (Å²) in [4.78, 5) is 18.5. The van der Waals surface area contributed by atoms with E-state index in [1.165, 1.54) is 97.3 Å². The number of rotatable bonds is 16. The number of benzene rings is 2. The van der Waals surface area contributed by atoms with E-state index in [2.05, 4.69) is 87.2 Å². The second kappa shape index (κ2) is 22.5. The Hall–Kier alpha value is -4.82. The number of sulfonamides is 2. The van der Waals surface area contributed by atoms with Gasteiger partial charge in [-0.15, -0.1) is 0 Å². The van der Waals surface area contributed by atoms with Gasteiger partial charge in [0.25, 0.3) is 20.0 Å². The number of aliphatic hydroxyl groups is 2. The summed E-state index contributed by atoms with van der Waals surface area (Å²) in [5.41, 5.74) is 4.57. The van der Waals surface area contributed by atoms with Gasteiger partial charge in [0.2, 0.25) is 0 Å². The lowest BCUT2D eigenvalue weighted by atomic mass is 9.88. The van der Waals surface area contributed by atoms with Crippen LogP contribution in [0.1, 0.15) is 117 Å². The minimum Gasteiger partial charge on any atom is -0.395 e. The molecule has 6 aromatic rings. The average molecular weight is 1080 g/mol. The minimum atomic E-state index is -3.85. The smallest absolute Gasteiger partial charge is 0.265 e. The molecule has 19 heteroatoms. The Balaban J connectivity index is 0.000000209. The summed E-state index contributed by atoms with van der Waals surface area (Å²) in [7, 11) is -4.54. The van der Waals surface area contributed by atoms with Gasteiger partial charge in [0.1, 0.15) is 33.1 Å². The monoisotopic (exact) mass is 1080 g/mol. The van der Waals surface area contributed by atoms with Crippen molar-refractivity contribution >= 4 is 81.1 Å². The molecule has 4 aromatic heterocycles. The third-order valence-corrected chi connectivity index (χ3v) is 17.7. The van der Waals surface area contributed by atoms with Crippen LogP contribution >= 0.6 is 15.9 Å². The molecule has 0 amide bonds. The van der Waals surface area contributed by atoms with Crippen molar-refractivity contribution in [3.63, 3.8) is 0 Å². The van der Waals surface area contributed by atoms with Crippen molar-refractivity contribution in [2.24, 2.45) is 11.8 Å². The molecular formula is C52H73BrN10O6S2. The molecule has 8 rings (SSSR count). The van der Waals surface area contributed by atoms with Crippen LogP contribution in [0.2, 0.25) is 0 Å². The van der Waals surface area contributed by atoms with Crippen LogP contribution in [0, 0.1) is 11.8 Å². The third-order valence-electron chi connectivity index (χ3n) is 13.6. The molecule has 0 saturated heterocycles. The first-order valence-corrected chi connectivity index (χ1v) is 28.6. The fraction of sp³-hybridized carbons (Fsp3) is 0.538. The zero-order valence-electron chi connectivity index (χ0n) is 42.6. The lowest BCUT2D eigenvalue weighted by Crippen LogP contribution is -2.26. The first-order valence-electron chi connectivity index (χ1n) is 24.9. The van der Waals surface area contributed by atoms with Gasteiger partial charge in [-0.2, -0.15) is 0 Å². The molecule has 386 valence electrons. The van der Waals surface area contributed by atoms with Crippen molar-refractivity contribution < 1.29 is 27.0 Å². The lowest BCUT2D eigenvalue weighted by Gasteiger charge is -2.26. The van der Waals surface area contributed by atoms with Gasteiger partial charge in [0, 0.05) is 63.5 Å². The number of halogens is 1. The lowest BCUT2D eigenvalue weighted by molar-refractivity contribution is 0.310. The molecule has 2 aliphatic carbocycles.